The SMILES string of the molecule is c1ccc(-c2ccc(N(c3ccc(-c4ccc5c(c4)c4ccccc4n5-c4ccccc4)cc3)c3ccc4c(c3)C(c3ccccc3)(c3ccccc3)c3cc(-c5ccccc5)ccc3-4)cc2)cc1. The fraction of sp³-hybridized carbons (Fsp3) is 0.0149. The van der Waals surface area contributed by atoms with E-state index in [0.29, 0.717) is 0 Å². The van der Waals surface area contributed by atoms with Crippen molar-refractivity contribution in [2.45, 2.75) is 5.41 Å². The van der Waals surface area contributed by atoms with Crippen LogP contribution in [-0.2, 0) is 5.41 Å². The Kier molecular flexibility index (Phi) is 9.77. The molecule has 0 radical (unpaired) electrons. The van der Waals surface area contributed by atoms with Gasteiger partial charge in [0, 0.05) is 33.5 Å². The van der Waals surface area contributed by atoms with Gasteiger partial charge in [-0.25, -0.2) is 0 Å². The second-order valence-corrected chi connectivity index (χ2v) is 18.1. The summed E-state index contributed by atoms with van der Waals surface area (Å²) < 4.78 is 2.38. The molecule has 13 rings (SSSR count). The summed E-state index contributed by atoms with van der Waals surface area (Å²) in [6.45, 7) is 0. The Morgan fingerprint density at radius 3 is 1.29 bits per heavy atom. The normalized spacial score (nSPS) is 12.5. The molecule has 0 amide bonds. The van der Waals surface area contributed by atoms with E-state index in [9.17, 15) is 0 Å². The molecular formula is C67H46N2. The molecule has 0 bridgehead atoms. The van der Waals surface area contributed by atoms with Crippen molar-refractivity contribution in [2.75, 3.05) is 4.90 Å². The van der Waals surface area contributed by atoms with Crippen LogP contribution in [0.4, 0.5) is 17.1 Å². The van der Waals surface area contributed by atoms with Crippen molar-refractivity contribution in [3.63, 3.8) is 0 Å². The Hall–Kier alpha value is -8.98. The molecule has 11 aromatic carbocycles. The minimum atomic E-state index is -0.580. The summed E-state index contributed by atoms with van der Waals surface area (Å²) in [5.41, 5.74) is 21.0. The maximum atomic E-state index is 2.47. The molecule has 2 nitrogen and oxygen atoms in total. The van der Waals surface area contributed by atoms with Crippen molar-refractivity contribution in [1.29, 1.82) is 0 Å². The number of hydrogen-bond donors (Lipinski definition) is 0. The van der Waals surface area contributed by atoms with E-state index in [4.69, 9.17) is 0 Å². The second kappa shape index (κ2) is 16.7. The van der Waals surface area contributed by atoms with Crippen molar-refractivity contribution < 1.29 is 0 Å². The Morgan fingerprint density at radius 1 is 0.275 bits per heavy atom. The molecule has 0 unspecified atom stereocenters. The molecule has 0 saturated heterocycles. The summed E-state index contributed by atoms with van der Waals surface area (Å²) in [6, 6.07) is 102. The number of hydrogen-bond acceptors (Lipinski definition) is 1. The Morgan fingerprint density at radius 2 is 0.681 bits per heavy atom. The monoisotopic (exact) mass is 878 g/mol. The van der Waals surface area contributed by atoms with Crippen LogP contribution in [0.1, 0.15) is 22.3 Å². The summed E-state index contributed by atoms with van der Waals surface area (Å²) in [6.07, 6.45) is 0. The number of rotatable bonds is 9. The molecule has 0 spiro atoms. The number of nitrogens with zero attached hydrogens (tertiary/aromatic N) is 2. The predicted molar refractivity (Wildman–Crippen MR) is 289 cm³/mol. The molecule has 0 aliphatic heterocycles. The van der Waals surface area contributed by atoms with Crippen LogP contribution in [0.25, 0.3) is 72.0 Å². The molecule has 1 aliphatic rings. The van der Waals surface area contributed by atoms with E-state index in [1.54, 1.807) is 0 Å². The van der Waals surface area contributed by atoms with Crippen LogP contribution in [-0.4, -0.2) is 4.57 Å². The smallest absolute Gasteiger partial charge is 0.0714 e. The average Bonchev–Trinajstić information content (AvgIpc) is 3.92. The van der Waals surface area contributed by atoms with Crippen molar-refractivity contribution in [1.82, 2.24) is 4.57 Å². The quantitative estimate of drug-likeness (QED) is 0.140. The molecular weight excluding hydrogens is 833 g/mol. The van der Waals surface area contributed by atoms with Gasteiger partial charge in [-0.1, -0.05) is 206 Å². The van der Waals surface area contributed by atoms with Gasteiger partial charge in [-0.15, -0.1) is 0 Å². The van der Waals surface area contributed by atoms with E-state index in [0.717, 1.165) is 22.7 Å². The van der Waals surface area contributed by atoms with Crippen molar-refractivity contribution >= 4 is 38.9 Å². The zero-order valence-corrected chi connectivity index (χ0v) is 38.0. The average molecular weight is 879 g/mol. The molecule has 0 fully saturated rings. The fourth-order valence-electron chi connectivity index (χ4n) is 11.1. The predicted octanol–water partition coefficient (Wildman–Crippen LogP) is 17.6. The number of aromatic nitrogens is 1. The van der Waals surface area contributed by atoms with Gasteiger partial charge in [-0.2, -0.15) is 0 Å². The highest BCUT2D eigenvalue weighted by atomic mass is 15.1. The Balaban J connectivity index is 0.978. The molecule has 324 valence electrons. The third kappa shape index (κ3) is 6.72. The molecule has 12 aromatic rings. The highest BCUT2D eigenvalue weighted by Gasteiger charge is 2.46. The van der Waals surface area contributed by atoms with Gasteiger partial charge in [-0.3, -0.25) is 0 Å². The summed E-state index contributed by atoms with van der Waals surface area (Å²) >= 11 is 0. The van der Waals surface area contributed by atoms with Gasteiger partial charge in [0.15, 0.2) is 0 Å². The van der Waals surface area contributed by atoms with Crippen molar-refractivity contribution in [3.8, 4) is 50.2 Å². The van der Waals surface area contributed by atoms with Crippen molar-refractivity contribution in [3.05, 3.63) is 301 Å². The molecule has 0 atom stereocenters. The first-order valence-corrected chi connectivity index (χ1v) is 23.8. The maximum absolute atomic E-state index is 2.47. The van der Waals surface area contributed by atoms with Gasteiger partial charge in [-0.05, 0) is 140 Å². The zero-order valence-electron chi connectivity index (χ0n) is 38.0. The molecule has 1 aromatic heterocycles. The lowest BCUT2D eigenvalue weighted by molar-refractivity contribution is 0.768. The van der Waals surface area contributed by atoms with Crippen LogP contribution in [0.5, 0.6) is 0 Å². The molecule has 69 heavy (non-hydrogen) atoms. The van der Waals surface area contributed by atoms with Crippen LogP contribution in [0, 0.1) is 0 Å². The third-order valence-electron chi connectivity index (χ3n) is 14.3. The minimum Gasteiger partial charge on any atom is -0.310 e. The topological polar surface area (TPSA) is 8.17 Å². The van der Waals surface area contributed by atoms with Gasteiger partial charge < -0.3 is 9.47 Å². The van der Waals surface area contributed by atoms with Crippen LogP contribution in [0.3, 0.4) is 0 Å². The summed E-state index contributed by atoms with van der Waals surface area (Å²) in [7, 11) is 0. The zero-order chi connectivity index (χ0) is 45.7. The van der Waals surface area contributed by atoms with Crippen LogP contribution in [0.2, 0.25) is 0 Å². The van der Waals surface area contributed by atoms with Crippen LogP contribution in [0.15, 0.2) is 279 Å². The van der Waals surface area contributed by atoms with Gasteiger partial charge in [0.25, 0.3) is 0 Å². The maximum Gasteiger partial charge on any atom is 0.0714 e. The largest absolute Gasteiger partial charge is 0.310 e. The molecule has 1 heterocycles. The first-order valence-electron chi connectivity index (χ1n) is 23.8. The van der Waals surface area contributed by atoms with Crippen LogP contribution >= 0.6 is 0 Å². The number of benzene rings is 11. The first kappa shape index (κ1) is 40.3. The molecule has 0 saturated carbocycles. The highest BCUT2D eigenvalue weighted by molar-refractivity contribution is 6.10. The van der Waals surface area contributed by atoms with Gasteiger partial charge in [0.2, 0.25) is 0 Å². The summed E-state index contributed by atoms with van der Waals surface area (Å²) in [5, 5.41) is 2.49. The lowest BCUT2D eigenvalue weighted by atomic mass is 9.67. The summed E-state index contributed by atoms with van der Waals surface area (Å²) in [5.74, 6) is 0. The lowest BCUT2D eigenvalue weighted by Gasteiger charge is -2.35. The lowest BCUT2D eigenvalue weighted by Crippen LogP contribution is -2.28. The van der Waals surface area contributed by atoms with Gasteiger partial charge >= 0.3 is 0 Å². The second-order valence-electron chi connectivity index (χ2n) is 18.1. The van der Waals surface area contributed by atoms with Gasteiger partial charge in [0.1, 0.15) is 0 Å². The van der Waals surface area contributed by atoms with E-state index in [2.05, 4.69) is 289 Å². The summed E-state index contributed by atoms with van der Waals surface area (Å²) in [4.78, 5) is 2.43. The fourth-order valence-corrected chi connectivity index (χ4v) is 11.1. The van der Waals surface area contributed by atoms with E-state index in [1.165, 1.54) is 88.6 Å². The van der Waals surface area contributed by atoms with E-state index >= 15 is 0 Å². The van der Waals surface area contributed by atoms with E-state index < -0.39 is 5.41 Å². The van der Waals surface area contributed by atoms with E-state index in [-0.39, 0.29) is 0 Å². The minimum absolute atomic E-state index is 0.580. The third-order valence-corrected chi connectivity index (χ3v) is 14.3. The first-order chi connectivity index (χ1) is 34.2. The molecule has 1 aliphatic carbocycles. The molecule has 2 heteroatoms. The Labute approximate surface area is 403 Å². The molecule has 0 N–H and O–H groups in total. The number of para-hydroxylation sites is 2. The highest BCUT2D eigenvalue weighted by Crippen LogP contribution is 2.58. The number of fused-ring (bicyclic) bond motifs is 6. The number of anilines is 3. The van der Waals surface area contributed by atoms with E-state index in [1.807, 2.05) is 0 Å². The standard InChI is InChI=1S/C67H46N2/c1-6-18-47(19-7-1)49-30-36-56(37-31-49)68(57-38-32-50(33-39-57)51-35-43-66-62(44-51)61-28-16-17-29-65(61)69(66)55-26-14-5-15-27-55)58-40-42-60-59-41-34-52(48-20-8-2-9-21-48)45-63(59)67(64(60)46-58,53-22-10-3-11-23-53)54-24-12-4-13-25-54/h1-46H. The van der Waals surface area contributed by atoms with Crippen molar-refractivity contribution in [2.24, 2.45) is 0 Å². The van der Waals surface area contributed by atoms with Crippen LogP contribution < -0.4 is 4.90 Å². The Bertz CT molecular complexity index is 3750. The van der Waals surface area contributed by atoms with Gasteiger partial charge in [0.05, 0.1) is 16.4 Å².